The lowest BCUT2D eigenvalue weighted by atomic mass is 9.78. The van der Waals surface area contributed by atoms with Gasteiger partial charge in [0.15, 0.2) is 5.78 Å². The summed E-state index contributed by atoms with van der Waals surface area (Å²) in [5, 5.41) is 19.6. The van der Waals surface area contributed by atoms with Crippen molar-refractivity contribution >= 4 is 82.0 Å². The Morgan fingerprint density at radius 1 is 1.01 bits per heavy atom. The molecule has 6 rings (SSSR count). The number of nitrogens with one attached hydrogen (secondary N) is 3. The molecule has 6 N–H and O–H groups in total. The van der Waals surface area contributed by atoms with Crippen LogP contribution in [0.4, 0.5) is 25.4 Å². The Morgan fingerprint density at radius 3 is 2.39 bits per heavy atom. The zero-order valence-electron chi connectivity index (χ0n) is 49.4. The molecule has 5 amide bonds. The highest BCUT2D eigenvalue weighted by Crippen LogP contribution is 2.50. The van der Waals surface area contributed by atoms with E-state index in [4.69, 9.17) is 57.4 Å². The summed E-state index contributed by atoms with van der Waals surface area (Å²) in [6.07, 6.45) is 3.57. The van der Waals surface area contributed by atoms with Gasteiger partial charge in [0.05, 0.1) is 60.5 Å². The normalized spacial score (nSPS) is 25.7. The second-order valence-corrected chi connectivity index (χ2v) is 24.2. The molecule has 0 aromatic heterocycles. The number of rotatable bonds is 23. The second kappa shape index (κ2) is 29.8. The number of nitrogens with zero attached hydrogens (tertiary/aromatic N) is 1. The molecule has 0 radical (unpaired) electrons. The molecule has 20 nitrogen and oxygen atoms in total. The number of anilines is 2. The summed E-state index contributed by atoms with van der Waals surface area (Å²) < 4.78 is 51.2. The zero-order chi connectivity index (χ0) is 61.8. The number of fused-ring (bicyclic) bond motifs is 5. The van der Waals surface area contributed by atoms with Crippen molar-refractivity contribution in [3.63, 3.8) is 0 Å². The van der Waals surface area contributed by atoms with Gasteiger partial charge < -0.3 is 54.8 Å². The van der Waals surface area contributed by atoms with Gasteiger partial charge in [0.2, 0.25) is 11.8 Å². The Labute approximate surface area is 500 Å². The van der Waals surface area contributed by atoms with Crippen molar-refractivity contribution in [2.24, 2.45) is 29.4 Å². The number of hydrogen-bond donors (Lipinski definition) is 5. The molecule has 3 fully saturated rings. The number of carbonyl (C=O) groups excluding carboxylic acids is 8. The zero-order valence-corrected chi connectivity index (χ0v) is 51.0. The van der Waals surface area contributed by atoms with E-state index in [1.807, 2.05) is 19.9 Å². The monoisotopic (exact) mass is 1210 g/mol. The lowest BCUT2D eigenvalue weighted by Gasteiger charge is -2.41. The predicted octanol–water partition coefficient (Wildman–Crippen LogP) is 8.98. The molecule has 1 aliphatic carbocycles. The van der Waals surface area contributed by atoms with E-state index in [0.717, 1.165) is 42.5 Å². The average Bonchev–Trinajstić information content (AvgIpc) is 1.79. The van der Waals surface area contributed by atoms with Crippen molar-refractivity contribution in [1.29, 1.82) is 0 Å². The van der Waals surface area contributed by atoms with Gasteiger partial charge in [0, 0.05) is 58.2 Å². The number of methoxy groups -OCH3 is 2. The summed E-state index contributed by atoms with van der Waals surface area (Å²) in [6, 6.07) is 3.54. The third-order valence-electron chi connectivity index (χ3n) is 16.5. The number of primary amides is 1. The van der Waals surface area contributed by atoms with Gasteiger partial charge in [-0.3, -0.25) is 34.1 Å². The number of ketones is 2. The van der Waals surface area contributed by atoms with Crippen LogP contribution >= 0.6 is 23.2 Å². The number of ether oxygens (including phenoxy) is 6. The van der Waals surface area contributed by atoms with Gasteiger partial charge in [0.1, 0.15) is 51.9 Å². The molecular formula is C61H82Cl2FN5O15. The maximum Gasteiger partial charge on any atom is 0.412 e. The number of urea groups is 1. The number of epoxide rings is 1. The van der Waals surface area contributed by atoms with E-state index in [1.54, 1.807) is 52.0 Å². The van der Waals surface area contributed by atoms with Gasteiger partial charge in [-0.15, -0.1) is 0 Å². The van der Waals surface area contributed by atoms with E-state index >= 15 is 4.39 Å². The van der Waals surface area contributed by atoms with Crippen LogP contribution in [0.25, 0.3) is 0 Å². The molecule has 1 unspecified atom stereocenters. The standard InChI is InChI=1S/C61H82Cl2FN5O15/c1-33(2)41(28-40(70)19-11-10-16-35(4)81-57(75)38-17-13-18-38)56(74)67-44(20-14-22-66-58(65)76)47(71)27-39-26-42(62)45(29-43(39)64)68-59(77)83-51-30-52(72)69(7)46-24-37(25-48(79-8)54(46)63)23-34(3)15-12-21-50(80-9)61(78)31-49(82-53(73)32-61)36(5)55-60(51,6)84-55/h12,15,21,24-26,29,33,35-36,38,41,44,49-51,55,78H,10-11,13-14,16-20,22-23,27-28,30-32H2,1-9H3,(H,67,74)(H,68,77)(H3,65,66,76)/b21-12+,34-15+/t35?,36-,41+,44+,49+,50-,51+,55+,60+,61-/m1/s1. The first-order valence-corrected chi connectivity index (χ1v) is 29.6. The van der Waals surface area contributed by atoms with E-state index in [1.165, 1.54) is 26.2 Å². The van der Waals surface area contributed by atoms with Gasteiger partial charge >= 0.3 is 24.1 Å². The van der Waals surface area contributed by atoms with Crippen LogP contribution in [-0.4, -0.2) is 128 Å². The minimum absolute atomic E-state index is 0.0144. The van der Waals surface area contributed by atoms with Gasteiger partial charge in [-0.2, -0.15) is 0 Å². The molecular weight excluding hydrogens is 1130 g/mol. The number of Topliss-reactive ketones (excluding diaryl/α,β-unsaturated/α-hetero) is 2. The SMILES string of the molecule is COc1cc2cc(c1Cl)N(C)C(=O)C[C@H](OC(=O)Nc1cc(F)c(CC(=O)[C@H](CCCNC(N)=O)NC(=O)[C@@H](CC(=O)CCCCC(C)OC(=O)C3CCC3)C(C)C)cc1Cl)[C@]1(C)O[C@H]1[C@H](C)[C@@H]1C[C@@](O)(CC(=O)O1)[C@H](OC)/C=C/C=C(\C)C2. The first-order chi connectivity index (χ1) is 39.7. The minimum atomic E-state index is -1.68. The van der Waals surface area contributed by atoms with E-state index in [0.29, 0.717) is 37.1 Å². The fraction of sp³-hybridized carbons (Fsp3) is 0.607. The lowest BCUT2D eigenvalue weighted by molar-refractivity contribution is -0.187. The summed E-state index contributed by atoms with van der Waals surface area (Å²) in [6.45, 7) is 10.7. The molecule has 3 heterocycles. The second-order valence-electron chi connectivity index (χ2n) is 23.4. The van der Waals surface area contributed by atoms with Crippen LogP contribution in [0.3, 0.4) is 0 Å². The molecule has 3 aliphatic heterocycles. The van der Waals surface area contributed by atoms with Gasteiger partial charge in [0.25, 0.3) is 0 Å². The number of amides is 5. The largest absolute Gasteiger partial charge is 0.495 e. The van der Waals surface area contributed by atoms with Crippen LogP contribution in [-0.2, 0) is 65.3 Å². The van der Waals surface area contributed by atoms with Crippen molar-refractivity contribution < 1.29 is 76.3 Å². The smallest absolute Gasteiger partial charge is 0.412 e. The maximum atomic E-state index is 16.2. The van der Waals surface area contributed by atoms with Gasteiger partial charge in [-0.25, -0.2) is 14.0 Å². The molecule has 10 atom stereocenters. The van der Waals surface area contributed by atoms with E-state index in [-0.39, 0.29) is 96.1 Å². The highest BCUT2D eigenvalue weighted by atomic mass is 35.5. The molecule has 2 aromatic rings. The Hall–Kier alpha value is -6.13. The lowest BCUT2D eigenvalue weighted by Crippen LogP contribution is -2.53. The Morgan fingerprint density at radius 2 is 1.74 bits per heavy atom. The summed E-state index contributed by atoms with van der Waals surface area (Å²) in [5.41, 5.74) is 3.64. The summed E-state index contributed by atoms with van der Waals surface area (Å²) >= 11 is 13.5. The Balaban J connectivity index is 1.17. The fourth-order valence-electron chi connectivity index (χ4n) is 11.1. The molecule has 4 bridgehead atoms. The van der Waals surface area contributed by atoms with Crippen LogP contribution < -0.4 is 31.3 Å². The first-order valence-electron chi connectivity index (χ1n) is 28.8. The van der Waals surface area contributed by atoms with Crippen molar-refractivity contribution in [2.45, 2.75) is 186 Å². The number of halogens is 3. The van der Waals surface area contributed by atoms with Crippen LogP contribution in [0, 0.1) is 29.5 Å². The van der Waals surface area contributed by atoms with Crippen LogP contribution in [0.15, 0.2) is 48.1 Å². The third-order valence-corrected chi connectivity index (χ3v) is 17.2. The predicted molar refractivity (Wildman–Crippen MR) is 312 cm³/mol. The van der Waals surface area contributed by atoms with Gasteiger partial charge in [-0.1, -0.05) is 74.2 Å². The molecule has 2 aromatic carbocycles. The van der Waals surface area contributed by atoms with E-state index in [9.17, 15) is 43.5 Å². The van der Waals surface area contributed by atoms with Crippen LogP contribution in [0.5, 0.6) is 5.75 Å². The van der Waals surface area contributed by atoms with Crippen molar-refractivity contribution in [1.82, 2.24) is 10.6 Å². The molecule has 462 valence electrons. The van der Waals surface area contributed by atoms with E-state index < -0.39 is 108 Å². The number of unbranched alkanes of at least 4 members (excludes halogenated alkanes) is 1. The third kappa shape index (κ3) is 17.7. The number of benzene rings is 2. The topological polar surface area (TPSA) is 281 Å². The fourth-order valence-corrected chi connectivity index (χ4v) is 11.6. The van der Waals surface area contributed by atoms with Crippen LogP contribution in [0.1, 0.15) is 136 Å². The number of hydrogen-bond acceptors (Lipinski definition) is 15. The summed E-state index contributed by atoms with van der Waals surface area (Å²) in [5.74, 6) is -5.15. The number of aliphatic hydroxyl groups is 1. The molecule has 0 spiro atoms. The number of esters is 2. The Kier molecular flexibility index (Phi) is 23.8. The summed E-state index contributed by atoms with van der Waals surface area (Å²) in [4.78, 5) is 108. The van der Waals surface area contributed by atoms with E-state index in [2.05, 4.69) is 16.0 Å². The van der Waals surface area contributed by atoms with Crippen molar-refractivity contribution in [3.8, 4) is 5.75 Å². The van der Waals surface area contributed by atoms with Gasteiger partial charge in [-0.05, 0) is 113 Å². The number of allylic oxidation sites excluding steroid dienone is 3. The first kappa shape index (κ1) is 67.0. The molecule has 2 saturated heterocycles. The quantitative estimate of drug-likeness (QED) is 0.0300. The average molecular weight is 1220 g/mol. The molecule has 23 heteroatoms. The van der Waals surface area contributed by atoms with Crippen molar-refractivity contribution in [2.75, 3.05) is 38.0 Å². The van der Waals surface area contributed by atoms with Crippen LogP contribution in [0.2, 0.25) is 10.0 Å². The molecule has 84 heavy (non-hydrogen) atoms. The molecule has 1 saturated carbocycles. The summed E-state index contributed by atoms with van der Waals surface area (Å²) in [7, 11) is 4.38. The Bertz CT molecular complexity index is 2830. The number of carbonyl (C=O) groups is 8. The van der Waals surface area contributed by atoms with Crippen molar-refractivity contribution in [3.05, 3.63) is 75.1 Å². The number of nitrogens with two attached hydrogens (primary N) is 1. The minimum Gasteiger partial charge on any atom is -0.495 e. The maximum absolute atomic E-state index is 16.2. The highest BCUT2D eigenvalue weighted by Gasteiger charge is 2.64. The highest BCUT2D eigenvalue weighted by molar-refractivity contribution is 6.35. The molecule has 4 aliphatic rings.